The summed E-state index contributed by atoms with van der Waals surface area (Å²) in [5.41, 5.74) is 5.76. The van der Waals surface area contributed by atoms with Crippen molar-refractivity contribution in [2.24, 2.45) is 11.1 Å². The average Bonchev–Trinajstić information content (AvgIpc) is 2.25. The molecule has 0 bridgehead atoms. The Labute approximate surface area is 118 Å². The summed E-state index contributed by atoms with van der Waals surface area (Å²) in [6.07, 6.45) is 2.25. The van der Waals surface area contributed by atoms with E-state index in [1.807, 2.05) is 0 Å². The van der Waals surface area contributed by atoms with Crippen molar-refractivity contribution >= 4 is 17.2 Å². The molecule has 1 saturated heterocycles. The maximum absolute atomic E-state index is 5.76. The van der Waals surface area contributed by atoms with E-state index in [4.69, 9.17) is 18.0 Å². The lowest BCUT2D eigenvalue weighted by Crippen LogP contribution is -2.55. The fraction of sp³-hybridized carbons (Fsp3) is 0.929. The molecule has 1 heterocycles. The lowest BCUT2D eigenvalue weighted by molar-refractivity contribution is 0.0582. The number of piperazine rings is 1. The molecule has 0 aromatic heterocycles. The van der Waals surface area contributed by atoms with Crippen molar-refractivity contribution in [2.45, 2.75) is 52.6 Å². The monoisotopic (exact) mass is 271 g/mol. The predicted octanol–water partition coefficient (Wildman–Crippen LogP) is 2.10. The molecule has 18 heavy (non-hydrogen) atoms. The number of nitrogens with two attached hydrogens (primary N) is 1. The molecule has 1 fully saturated rings. The molecule has 4 heteroatoms. The van der Waals surface area contributed by atoms with E-state index in [0.29, 0.717) is 17.1 Å². The SMILES string of the molecule is CC1CN(CCCC(C)(C)C(N)=S)CC(C)N1C. The zero-order valence-electron chi connectivity index (χ0n) is 12.6. The quantitative estimate of drug-likeness (QED) is 0.776. The van der Waals surface area contributed by atoms with Gasteiger partial charge in [-0.2, -0.15) is 0 Å². The number of thiocarbonyl (C=S) groups is 1. The molecule has 0 saturated carbocycles. The molecule has 0 amide bonds. The van der Waals surface area contributed by atoms with Gasteiger partial charge in [0.15, 0.2) is 0 Å². The first-order valence-electron chi connectivity index (χ1n) is 6.98. The minimum absolute atomic E-state index is 0.000849. The summed E-state index contributed by atoms with van der Waals surface area (Å²) in [5.74, 6) is 0. The van der Waals surface area contributed by atoms with Crippen LogP contribution in [0.5, 0.6) is 0 Å². The van der Waals surface area contributed by atoms with Crippen LogP contribution in [0.3, 0.4) is 0 Å². The van der Waals surface area contributed by atoms with Crippen LogP contribution in [0, 0.1) is 5.41 Å². The van der Waals surface area contributed by atoms with Gasteiger partial charge in [-0.05, 0) is 40.3 Å². The van der Waals surface area contributed by atoms with Gasteiger partial charge in [0.2, 0.25) is 0 Å². The van der Waals surface area contributed by atoms with E-state index in [-0.39, 0.29) is 5.41 Å². The average molecular weight is 271 g/mol. The Morgan fingerprint density at radius 3 is 2.22 bits per heavy atom. The second-order valence-corrected chi connectivity index (χ2v) is 6.91. The van der Waals surface area contributed by atoms with E-state index in [1.165, 1.54) is 19.5 Å². The molecular formula is C14H29N3S. The van der Waals surface area contributed by atoms with Gasteiger partial charge in [0.25, 0.3) is 0 Å². The molecule has 1 aliphatic heterocycles. The van der Waals surface area contributed by atoms with Gasteiger partial charge in [0.1, 0.15) is 0 Å². The first-order chi connectivity index (χ1) is 8.24. The highest BCUT2D eigenvalue weighted by Crippen LogP contribution is 2.23. The zero-order chi connectivity index (χ0) is 13.9. The molecule has 2 unspecified atom stereocenters. The van der Waals surface area contributed by atoms with Crippen LogP contribution >= 0.6 is 12.2 Å². The van der Waals surface area contributed by atoms with Crippen molar-refractivity contribution in [2.75, 3.05) is 26.7 Å². The molecule has 3 nitrogen and oxygen atoms in total. The van der Waals surface area contributed by atoms with Crippen LogP contribution in [0.2, 0.25) is 0 Å². The molecule has 2 atom stereocenters. The fourth-order valence-electron chi connectivity index (χ4n) is 2.56. The lowest BCUT2D eigenvalue weighted by Gasteiger charge is -2.42. The summed E-state index contributed by atoms with van der Waals surface area (Å²) in [7, 11) is 2.22. The summed E-state index contributed by atoms with van der Waals surface area (Å²) >= 11 is 5.11. The van der Waals surface area contributed by atoms with Gasteiger partial charge in [0.05, 0.1) is 4.99 Å². The number of hydrogen-bond donors (Lipinski definition) is 1. The maximum atomic E-state index is 5.76. The molecule has 1 rings (SSSR count). The molecule has 0 aromatic rings. The van der Waals surface area contributed by atoms with Crippen LogP contribution in [0.4, 0.5) is 0 Å². The fourth-order valence-corrected chi connectivity index (χ4v) is 2.67. The molecule has 0 aromatic carbocycles. The molecule has 1 aliphatic rings. The normalized spacial score (nSPS) is 27.4. The van der Waals surface area contributed by atoms with E-state index in [9.17, 15) is 0 Å². The summed E-state index contributed by atoms with van der Waals surface area (Å²) < 4.78 is 0. The summed E-state index contributed by atoms with van der Waals surface area (Å²) in [4.78, 5) is 5.68. The molecule has 0 aliphatic carbocycles. The summed E-state index contributed by atoms with van der Waals surface area (Å²) in [6.45, 7) is 12.4. The second kappa shape index (κ2) is 6.31. The highest BCUT2D eigenvalue weighted by atomic mass is 32.1. The maximum Gasteiger partial charge on any atom is 0.0784 e. The largest absolute Gasteiger partial charge is 0.393 e. The minimum atomic E-state index is -0.000849. The number of hydrogen-bond acceptors (Lipinski definition) is 3. The van der Waals surface area contributed by atoms with Crippen LogP contribution in [-0.2, 0) is 0 Å². The van der Waals surface area contributed by atoms with Crippen LogP contribution in [0.25, 0.3) is 0 Å². The van der Waals surface area contributed by atoms with Crippen molar-refractivity contribution in [3.8, 4) is 0 Å². The Hall–Kier alpha value is -0.190. The third-order valence-corrected chi connectivity index (χ3v) is 4.93. The topological polar surface area (TPSA) is 32.5 Å². The van der Waals surface area contributed by atoms with Gasteiger partial charge < -0.3 is 10.6 Å². The van der Waals surface area contributed by atoms with Crippen LogP contribution in [0.15, 0.2) is 0 Å². The molecule has 0 radical (unpaired) electrons. The van der Waals surface area contributed by atoms with Gasteiger partial charge in [-0.25, -0.2) is 0 Å². The Morgan fingerprint density at radius 1 is 1.28 bits per heavy atom. The van der Waals surface area contributed by atoms with Crippen molar-refractivity contribution in [1.29, 1.82) is 0 Å². The van der Waals surface area contributed by atoms with E-state index >= 15 is 0 Å². The molecule has 0 spiro atoms. The lowest BCUT2D eigenvalue weighted by atomic mass is 9.88. The molecule has 106 valence electrons. The second-order valence-electron chi connectivity index (χ2n) is 6.47. The smallest absolute Gasteiger partial charge is 0.0784 e. The first-order valence-corrected chi connectivity index (χ1v) is 7.39. The summed E-state index contributed by atoms with van der Waals surface area (Å²) in [6, 6.07) is 1.30. The highest BCUT2D eigenvalue weighted by Gasteiger charge is 2.27. The van der Waals surface area contributed by atoms with E-state index in [0.717, 1.165) is 13.0 Å². The van der Waals surface area contributed by atoms with Gasteiger partial charge in [-0.15, -0.1) is 0 Å². The Balaban J connectivity index is 2.34. The highest BCUT2D eigenvalue weighted by molar-refractivity contribution is 7.80. The number of nitrogens with zero attached hydrogens (tertiary/aromatic N) is 2. The van der Waals surface area contributed by atoms with Crippen LogP contribution < -0.4 is 5.73 Å². The van der Waals surface area contributed by atoms with Crippen LogP contribution in [0.1, 0.15) is 40.5 Å². The minimum Gasteiger partial charge on any atom is -0.393 e. The first kappa shape index (κ1) is 15.9. The molecule has 2 N–H and O–H groups in total. The third kappa shape index (κ3) is 4.18. The van der Waals surface area contributed by atoms with Gasteiger partial charge >= 0.3 is 0 Å². The Kier molecular flexibility index (Phi) is 5.56. The van der Waals surface area contributed by atoms with Crippen molar-refractivity contribution in [1.82, 2.24) is 9.80 Å². The van der Waals surface area contributed by atoms with E-state index in [1.54, 1.807) is 0 Å². The van der Waals surface area contributed by atoms with Gasteiger partial charge in [-0.3, -0.25) is 4.90 Å². The Morgan fingerprint density at radius 2 is 1.78 bits per heavy atom. The van der Waals surface area contributed by atoms with Gasteiger partial charge in [-0.1, -0.05) is 26.1 Å². The standard InChI is InChI=1S/C14H29N3S/c1-11-9-17(10-12(2)16(11)5)8-6-7-14(3,4)13(15)18/h11-12H,6-10H2,1-5H3,(H2,15,18). The summed E-state index contributed by atoms with van der Waals surface area (Å²) in [5, 5.41) is 0. The van der Waals surface area contributed by atoms with E-state index < -0.39 is 0 Å². The number of likely N-dealkylation sites (N-methyl/N-ethyl adjacent to an activating group) is 1. The van der Waals surface area contributed by atoms with Crippen molar-refractivity contribution < 1.29 is 0 Å². The van der Waals surface area contributed by atoms with Crippen molar-refractivity contribution in [3.63, 3.8) is 0 Å². The van der Waals surface area contributed by atoms with Crippen molar-refractivity contribution in [3.05, 3.63) is 0 Å². The zero-order valence-corrected chi connectivity index (χ0v) is 13.4. The van der Waals surface area contributed by atoms with Gasteiger partial charge in [0, 0.05) is 30.6 Å². The van der Waals surface area contributed by atoms with Crippen LogP contribution in [-0.4, -0.2) is 53.6 Å². The predicted molar refractivity (Wildman–Crippen MR) is 82.9 cm³/mol. The molecular weight excluding hydrogens is 242 g/mol. The number of rotatable bonds is 5. The third-order valence-electron chi connectivity index (χ3n) is 4.38. The van der Waals surface area contributed by atoms with E-state index in [2.05, 4.69) is 44.5 Å². The Bertz CT molecular complexity index is 279.